The summed E-state index contributed by atoms with van der Waals surface area (Å²) in [6, 6.07) is 7.18. The average molecular weight is 269 g/mol. The summed E-state index contributed by atoms with van der Waals surface area (Å²) in [5, 5.41) is 6.76. The van der Waals surface area contributed by atoms with Gasteiger partial charge in [0.05, 0.1) is 11.8 Å². The van der Waals surface area contributed by atoms with Crippen molar-refractivity contribution in [3.8, 4) is 17.6 Å². The van der Waals surface area contributed by atoms with Crippen molar-refractivity contribution in [3.05, 3.63) is 42.2 Å². The van der Waals surface area contributed by atoms with Crippen molar-refractivity contribution in [3.63, 3.8) is 0 Å². The minimum atomic E-state index is -0.205. The molecule has 0 saturated carbocycles. The first-order valence-electron chi connectivity index (χ1n) is 6.11. The van der Waals surface area contributed by atoms with E-state index in [9.17, 15) is 4.79 Å². The summed E-state index contributed by atoms with van der Waals surface area (Å²) in [6.45, 7) is 2.09. The molecule has 5 nitrogen and oxygen atoms in total. The van der Waals surface area contributed by atoms with E-state index >= 15 is 0 Å². The number of aryl methyl sites for hydroxylation is 1. The molecule has 0 bridgehead atoms. The zero-order valence-electron chi connectivity index (χ0n) is 11.4. The number of nitrogens with zero attached hydrogens (tertiary/aromatic N) is 2. The fraction of sp³-hybridized carbons (Fsp3) is 0.200. The first-order chi connectivity index (χ1) is 9.69. The van der Waals surface area contributed by atoms with Crippen LogP contribution in [0.25, 0.3) is 0 Å². The van der Waals surface area contributed by atoms with Crippen molar-refractivity contribution in [2.45, 2.75) is 6.92 Å². The highest BCUT2D eigenvalue weighted by Crippen LogP contribution is 2.17. The van der Waals surface area contributed by atoms with Crippen LogP contribution in [0.5, 0.6) is 5.75 Å². The van der Waals surface area contributed by atoms with Crippen LogP contribution in [0.1, 0.15) is 17.3 Å². The van der Waals surface area contributed by atoms with Crippen LogP contribution in [0.15, 0.2) is 36.7 Å². The largest absolute Gasteiger partial charge is 0.481 e. The van der Waals surface area contributed by atoms with Crippen LogP contribution in [0.3, 0.4) is 0 Å². The molecule has 2 rings (SSSR count). The van der Waals surface area contributed by atoms with Crippen molar-refractivity contribution >= 4 is 11.6 Å². The maximum absolute atomic E-state index is 12.0. The number of hydrogen-bond acceptors (Lipinski definition) is 3. The van der Waals surface area contributed by atoms with Gasteiger partial charge in [0.15, 0.2) is 0 Å². The van der Waals surface area contributed by atoms with E-state index in [1.54, 1.807) is 37.0 Å². The summed E-state index contributed by atoms with van der Waals surface area (Å²) in [6.07, 6.45) is 3.18. The van der Waals surface area contributed by atoms with Gasteiger partial charge in [0, 0.05) is 25.0 Å². The lowest BCUT2D eigenvalue weighted by atomic mass is 10.2. The van der Waals surface area contributed by atoms with E-state index in [1.807, 2.05) is 12.1 Å². The molecule has 0 fully saturated rings. The molecular weight excluding hydrogens is 254 g/mol. The summed E-state index contributed by atoms with van der Waals surface area (Å²) in [7, 11) is 1.76. The summed E-state index contributed by atoms with van der Waals surface area (Å²) in [5.41, 5.74) is 1.18. The van der Waals surface area contributed by atoms with E-state index in [4.69, 9.17) is 4.74 Å². The third kappa shape index (κ3) is 3.62. The van der Waals surface area contributed by atoms with Gasteiger partial charge >= 0.3 is 0 Å². The van der Waals surface area contributed by atoms with E-state index in [2.05, 4.69) is 22.3 Å². The Hall–Kier alpha value is -2.74. The lowest BCUT2D eigenvalue weighted by molar-refractivity contribution is 0.102. The number of hydrogen-bond donors (Lipinski definition) is 1. The van der Waals surface area contributed by atoms with E-state index in [1.165, 1.54) is 6.20 Å². The van der Waals surface area contributed by atoms with Crippen LogP contribution in [0.2, 0.25) is 0 Å². The molecule has 0 aliphatic carbocycles. The molecule has 1 amide bonds. The number of aromatic nitrogens is 2. The van der Waals surface area contributed by atoms with Gasteiger partial charge in [0.25, 0.3) is 5.91 Å². The Labute approximate surface area is 117 Å². The highest BCUT2D eigenvalue weighted by Gasteiger charge is 2.08. The first-order valence-corrected chi connectivity index (χ1v) is 6.11. The quantitative estimate of drug-likeness (QED) is 0.864. The molecule has 102 valence electrons. The van der Waals surface area contributed by atoms with Gasteiger partial charge in [0.1, 0.15) is 12.4 Å². The Balaban J connectivity index is 2.03. The number of amides is 1. The van der Waals surface area contributed by atoms with Gasteiger partial charge in [-0.1, -0.05) is 12.0 Å². The third-order valence-electron chi connectivity index (χ3n) is 2.55. The van der Waals surface area contributed by atoms with Crippen molar-refractivity contribution in [1.29, 1.82) is 0 Å². The number of benzene rings is 1. The maximum Gasteiger partial charge on any atom is 0.258 e. The van der Waals surface area contributed by atoms with E-state index < -0.39 is 0 Å². The van der Waals surface area contributed by atoms with Gasteiger partial charge in [-0.15, -0.1) is 5.92 Å². The van der Waals surface area contributed by atoms with Crippen molar-refractivity contribution in [1.82, 2.24) is 9.78 Å². The number of ether oxygens (including phenoxy) is 1. The fourth-order valence-corrected chi connectivity index (χ4v) is 1.60. The van der Waals surface area contributed by atoms with Crippen LogP contribution in [0, 0.1) is 11.8 Å². The molecule has 0 atom stereocenters. The number of anilines is 1. The highest BCUT2D eigenvalue weighted by molar-refractivity contribution is 6.04. The van der Waals surface area contributed by atoms with E-state index in [0.717, 1.165) is 0 Å². The van der Waals surface area contributed by atoms with Crippen LogP contribution in [-0.2, 0) is 7.05 Å². The number of carbonyl (C=O) groups excluding carboxylic acids is 1. The van der Waals surface area contributed by atoms with Crippen molar-refractivity contribution in [2.24, 2.45) is 7.05 Å². The SMILES string of the molecule is CC#CCOc1cccc(NC(=O)c2cnn(C)c2)c1. The second kappa shape index (κ2) is 6.43. The molecule has 1 aromatic heterocycles. The van der Waals surface area contributed by atoms with Crippen molar-refractivity contribution < 1.29 is 9.53 Å². The van der Waals surface area contributed by atoms with Gasteiger partial charge in [-0.05, 0) is 19.1 Å². The summed E-state index contributed by atoms with van der Waals surface area (Å²) in [5.74, 6) is 6.03. The van der Waals surface area contributed by atoms with Crippen LogP contribution in [0.4, 0.5) is 5.69 Å². The van der Waals surface area contributed by atoms with Gasteiger partial charge in [-0.2, -0.15) is 5.10 Å². The molecule has 1 aromatic carbocycles. The predicted octanol–water partition coefficient (Wildman–Crippen LogP) is 2.07. The van der Waals surface area contributed by atoms with Gasteiger partial charge in [-0.3, -0.25) is 9.48 Å². The molecule has 0 spiro atoms. The minimum absolute atomic E-state index is 0.205. The monoisotopic (exact) mass is 269 g/mol. The van der Waals surface area contributed by atoms with Crippen LogP contribution in [-0.4, -0.2) is 22.3 Å². The molecule has 5 heteroatoms. The molecule has 1 N–H and O–H groups in total. The van der Waals surface area contributed by atoms with Gasteiger partial charge in [0.2, 0.25) is 0 Å². The van der Waals surface area contributed by atoms with Crippen molar-refractivity contribution in [2.75, 3.05) is 11.9 Å². The highest BCUT2D eigenvalue weighted by atomic mass is 16.5. The summed E-state index contributed by atoms with van der Waals surface area (Å²) in [4.78, 5) is 12.0. The second-order valence-corrected chi connectivity index (χ2v) is 4.10. The Morgan fingerprint density at radius 3 is 3.05 bits per heavy atom. The molecular formula is C15H15N3O2. The molecule has 20 heavy (non-hydrogen) atoms. The van der Waals surface area contributed by atoms with Gasteiger partial charge < -0.3 is 10.1 Å². The molecule has 0 saturated heterocycles. The Bertz CT molecular complexity index is 665. The number of carbonyl (C=O) groups is 1. The summed E-state index contributed by atoms with van der Waals surface area (Å²) >= 11 is 0. The smallest absolute Gasteiger partial charge is 0.258 e. The number of nitrogens with one attached hydrogen (secondary N) is 1. The van der Waals surface area contributed by atoms with Gasteiger partial charge in [-0.25, -0.2) is 0 Å². The lowest BCUT2D eigenvalue weighted by Gasteiger charge is -2.06. The Morgan fingerprint density at radius 2 is 2.35 bits per heavy atom. The fourth-order valence-electron chi connectivity index (χ4n) is 1.60. The van der Waals surface area contributed by atoms with E-state index in [0.29, 0.717) is 23.6 Å². The topological polar surface area (TPSA) is 56.1 Å². The standard InChI is InChI=1S/C15H15N3O2/c1-3-4-8-20-14-7-5-6-13(9-14)17-15(19)12-10-16-18(2)11-12/h5-7,9-11H,8H2,1-2H3,(H,17,19). The second-order valence-electron chi connectivity index (χ2n) is 4.10. The number of rotatable bonds is 4. The molecule has 1 heterocycles. The molecule has 2 aromatic rings. The lowest BCUT2D eigenvalue weighted by Crippen LogP contribution is -2.11. The Morgan fingerprint density at radius 1 is 1.50 bits per heavy atom. The molecule has 0 aliphatic heterocycles. The van der Waals surface area contributed by atoms with E-state index in [-0.39, 0.29) is 5.91 Å². The first kappa shape index (κ1) is 13.7. The average Bonchev–Trinajstić information content (AvgIpc) is 2.86. The Kier molecular flexibility index (Phi) is 4.40. The van der Waals surface area contributed by atoms with Crippen LogP contribution < -0.4 is 10.1 Å². The molecule has 0 unspecified atom stereocenters. The molecule has 0 aliphatic rings. The normalized spacial score (nSPS) is 9.50. The zero-order chi connectivity index (χ0) is 14.4. The van der Waals surface area contributed by atoms with Crippen LogP contribution >= 0.6 is 0 Å². The minimum Gasteiger partial charge on any atom is -0.481 e. The zero-order valence-corrected chi connectivity index (χ0v) is 11.4. The molecule has 0 radical (unpaired) electrons. The predicted molar refractivity (Wildman–Crippen MR) is 76.5 cm³/mol. The summed E-state index contributed by atoms with van der Waals surface area (Å²) < 4.78 is 7.02. The maximum atomic E-state index is 12.0. The third-order valence-corrected chi connectivity index (χ3v) is 2.55.